The molecule has 2 N–H and O–H groups in total. The molecule has 23 heavy (non-hydrogen) atoms. The first-order valence-corrected chi connectivity index (χ1v) is 8.65. The Morgan fingerprint density at radius 2 is 2.13 bits per heavy atom. The van der Waals surface area contributed by atoms with Gasteiger partial charge in [0, 0.05) is 19.0 Å². The summed E-state index contributed by atoms with van der Waals surface area (Å²) in [6, 6.07) is 0.261. The van der Waals surface area contributed by atoms with E-state index < -0.39 is 0 Å². The molecule has 2 atom stereocenters. The van der Waals surface area contributed by atoms with Crippen LogP contribution in [-0.4, -0.2) is 27.2 Å². The fourth-order valence-corrected chi connectivity index (χ4v) is 3.66. The maximum Gasteiger partial charge on any atom is 0.224 e. The highest BCUT2D eigenvalue weighted by atomic mass is 32.1. The van der Waals surface area contributed by atoms with Gasteiger partial charge in [0.05, 0.1) is 5.92 Å². The van der Waals surface area contributed by atoms with Crippen LogP contribution in [-0.2, 0) is 11.2 Å². The van der Waals surface area contributed by atoms with E-state index in [0.29, 0.717) is 23.7 Å². The average molecular weight is 337 g/mol. The van der Waals surface area contributed by atoms with E-state index in [1.165, 1.54) is 5.57 Å². The second-order valence-corrected chi connectivity index (χ2v) is 7.91. The molecule has 0 aromatic carbocycles. The van der Waals surface area contributed by atoms with Gasteiger partial charge in [-0.05, 0) is 51.2 Å². The van der Waals surface area contributed by atoms with Gasteiger partial charge in [-0.25, -0.2) is 0 Å². The molecular weight excluding hydrogens is 308 g/mol. The lowest BCUT2D eigenvalue weighted by atomic mass is 10.1. The molecule has 1 aromatic rings. The van der Waals surface area contributed by atoms with Crippen molar-refractivity contribution >= 4 is 18.1 Å². The summed E-state index contributed by atoms with van der Waals surface area (Å²) in [7, 11) is 0. The van der Waals surface area contributed by atoms with E-state index in [1.54, 1.807) is 0 Å². The first-order valence-electron chi connectivity index (χ1n) is 8.24. The molecule has 0 spiro atoms. The molecule has 1 aliphatic carbocycles. The Morgan fingerprint density at radius 1 is 1.48 bits per heavy atom. The highest BCUT2D eigenvalue weighted by Crippen LogP contribution is 2.59. The summed E-state index contributed by atoms with van der Waals surface area (Å²) < 4.78 is 2.63. The highest BCUT2D eigenvalue weighted by molar-refractivity contribution is 7.71. The number of carbonyl (C=O) groups is 1. The number of rotatable bonds is 6. The van der Waals surface area contributed by atoms with Crippen molar-refractivity contribution in [3.05, 3.63) is 22.2 Å². The van der Waals surface area contributed by atoms with Crippen molar-refractivity contribution in [2.24, 2.45) is 17.3 Å². The van der Waals surface area contributed by atoms with Crippen molar-refractivity contribution < 1.29 is 4.79 Å². The second-order valence-electron chi connectivity index (χ2n) is 7.52. The SMILES string of the molecule is CC(C)=C[C@@H]1[C@@H](C(=O)NCCc2n[nH]c(=S)n2C(C)C)C1(C)C. The minimum absolute atomic E-state index is 0.0549. The number of hydrogen-bond acceptors (Lipinski definition) is 3. The van der Waals surface area contributed by atoms with E-state index in [9.17, 15) is 4.79 Å². The molecule has 5 nitrogen and oxygen atoms in total. The molecule has 1 aromatic heterocycles. The average Bonchev–Trinajstić information content (AvgIpc) is 2.76. The standard InChI is InChI=1S/C17H28N4OS/c1-10(2)9-12-14(17(12,5)6)15(22)18-8-7-13-19-20-16(23)21(13)11(3)4/h9,11-12,14H,7-8H2,1-6H3,(H,18,22)(H,20,23)/t12-,14+/m1/s1. The zero-order chi connectivity index (χ0) is 17.4. The quantitative estimate of drug-likeness (QED) is 0.618. The molecule has 1 heterocycles. The summed E-state index contributed by atoms with van der Waals surface area (Å²) in [6.07, 6.45) is 2.89. The Labute approximate surface area is 143 Å². The van der Waals surface area contributed by atoms with Gasteiger partial charge in [-0.3, -0.25) is 9.89 Å². The van der Waals surface area contributed by atoms with Crippen LogP contribution >= 0.6 is 12.2 Å². The normalized spacial score (nSPS) is 22.0. The van der Waals surface area contributed by atoms with E-state index >= 15 is 0 Å². The predicted octanol–water partition coefficient (Wildman–Crippen LogP) is 3.42. The van der Waals surface area contributed by atoms with Crippen LogP contribution in [0.1, 0.15) is 53.4 Å². The van der Waals surface area contributed by atoms with Crippen LogP contribution < -0.4 is 5.32 Å². The number of allylic oxidation sites excluding steroid dienone is 2. The van der Waals surface area contributed by atoms with Crippen molar-refractivity contribution in [1.29, 1.82) is 0 Å². The molecule has 1 aliphatic rings. The first kappa shape index (κ1) is 17.9. The summed E-state index contributed by atoms with van der Waals surface area (Å²) >= 11 is 5.24. The number of H-pyrrole nitrogens is 1. The summed E-state index contributed by atoms with van der Waals surface area (Å²) in [4.78, 5) is 12.4. The Bertz CT molecular complexity index is 664. The maximum atomic E-state index is 12.4. The number of amides is 1. The van der Waals surface area contributed by atoms with E-state index in [1.807, 2.05) is 4.57 Å². The Morgan fingerprint density at radius 3 is 2.70 bits per heavy atom. The lowest BCUT2D eigenvalue weighted by Crippen LogP contribution is -2.29. The molecule has 1 fully saturated rings. The molecule has 1 saturated carbocycles. The molecule has 1 amide bonds. The number of hydrogen-bond donors (Lipinski definition) is 2. The number of aromatic amines is 1. The molecule has 0 aliphatic heterocycles. The number of carbonyl (C=O) groups excluding carboxylic acids is 1. The van der Waals surface area contributed by atoms with Gasteiger partial charge in [-0.1, -0.05) is 25.5 Å². The van der Waals surface area contributed by atoms with Gasteiger partial charge in [0.1, 0.15) is 5.82 Å². The van der Waals surface area contributed by atoms with Gasteiger partial charge in [0.15, 0.2) is 4.77 Å². The zero-order valence-electron chi connectivity index (χ0n) is 14.9. The topological polar surface area (TPSA) is 62.7 Å². The predicted molar refractivity (Wildman–Crippen MR) is 94.7 cm³/mol. The van der Waals surface area contributed by atoms with Crippen LogP contribution in [0.4, 0.5) is 0 Å². The Kier molecular flexibility index (Phi) is 5.14. The molecule has 0 bridgehead atoms. The van der Waals surface area contributed by atoms with Crippen molar-refractivity contribution in [3.8, 4) is 0 Å². The Hall–Kier alpha value is -1.43. The smallest absolute Gasteiger partial charge is 0.224 e. The van der Waals surface area contributed by atoms with E-state index in [0.717, 1.165) is 5.82 Å². The zero-order valence-corrected chi connectivity index (χ0v) is 15.8. The van der Waals surface area contributed by atoms with Crippen molar-refractivity contribution in [2.45, 2.75) is 54.0 Å². The number of nitrogens with one attached hydrogen (secondary N) is 2. The molecule has 0 radical (unpaired) electrons. The van der Waals surface area contributed by atoms with Crippen molar-refractivity contribution in [2.75, 3.05) is 6.54 Å². The van der Waals surface area contributed by atoms with Crippen LogP contribution in [0.3, 0.4) is 0 Å². The lowest BCUT2D eigenvalue weighted by Gasteiger charge is -2.11. The van der Waals surface area contributed by atoms with Crippen LogP contribution in [0.2, 0.25) is 0 Å². The molecular formula is C17H28N4OS. The second kappa shape index (κ2) is 6.59. The van der Waals surface area contributed by atoms with Crippen LogP contribution in [0.25, 0.3) is 0 Å². The third-order valence-corrected chi connectivity index (χ3v) is 4.94. The summed E-state index contributed by atoms with van der Waals surface area (Å²) in [5.74, 6) is 1.45. The minimum Gasteiger partial charge on any atom is -0.355 e. The van der Waals surface area contributed by atoms with Crippen molar-refractivity contribution in [1.82, 2.24) is 20.1 Å². The summed E-state index contributed by atoms with van der Waals surface area (Å²) in [5, 5.41) is 10.1. The van der Waals surface area contributed by atoms with E-state index in [2.05, 4.69) is 63.1 Å². The van der Waals surface area contributed by atoms with Crippen LogP contribution in [0.5, 0.6) is 0 Å². The van der Waals surface area contributed by atoms with Gasteiger partial charge in [0.25, 0.3) is 0 Å². The molecule has 6 heteroatoms. The van der Waals surface area contributed by atoms with Gasteiger partial charge < -0.3 is 9.88 Å². The lowest BCUT2D eigenvalue weighted by molar-refractivity contribution is -0.123. The third-order valence-electron chi connectivity index (χ3n) is 4.65. The first-order chi connectivity index (χ1) is 10.7. The largest absolute Gasteiger partial charge is 0.355 e. The summed E-state index contributed by atoms with van der Waals surface area (Å²) in [6.45, 7) is 13.2. The van der Waals surface area contributed by atoms with E-state index in [-0.39, 0.29) is 23.3 Å². The summed E-state index contributed by atoms with van der Waals surface area (Å²) in [5.41, 5.74) is 1.32. The van der Waals surface area contributed by atoms with Gasteiger partial charge in [-0.15, -0.1) is 0 Å². The van der Waals surface area contributed by atoms with Crippen LogP contribution in [0, 0.1) is 22.0 Å². The van der Waals surface area contributed by atoms with Crippen molar-refractivity contribution in [3.63, 3.8) is 0 Å². The molecule has 128 valence electrons. The number of nitrogens with zero attached hydrogens (tertiary/aromatic N) is 2. The minimum atomic E-state index is 0.0549. The highest BCUT2D eigenvalue weighted by Gasteiger charge is 2.60. The fourth-order valence-electron chi connectivity index (χ4n) is 3.30. The monoisotopic (exact) mass is 336 g/mol. The van der Waals surface area contributed by atoms with E-state index in [4.69, 9.17) is 12.2 Å². The fraction of sp³-hybridized carbons (Fsp3) is 0.706. The molecule has 0 saturated heterocycles. The third kappa shape index (κ3) is 3.74. The van der Waals surface area contributed by atoms with Gasteiger partial charge in [0.2, 0.25) is 5.91 Å². The van der Waals surface area contributed by atoms with Gasteiger partial charge >= 0.3 is 0 Å². The van der Waals surface area contributed by atoms with Gasteiger partial charge in [-0.2, -0.15) is 5.10 Å². The number of aromatic nitrogens is 3. The maximum absolute atomic E-state index is 12.4. The Balaban J connectivity index is 1.92. The van der Waals surface area contributed by atoms with Crippen LogP contribution in [0.15, 0.2) is 11.6 Å². The molecule has 2 rings (SSSR count). The molecule has 0 unspecified atom stereocenters.